The number of aliphatic carboxylic acids is 1. The summed E-state index contributed by atoms with van der Waals surface area (Å²) in [5, 5.41) is 11.4. The standard InChI is InChI=1S/C11H11FN2O3/c1-6(11(16)17)14-5-9(15)13-10-7(12)3-2-4-8(10)14/h2-4,6H,5H2,1H3,(H,13,15)(H,16,17). The van der Waals surface area contributed by atoms with Gasteiger partial charge in [0.2, 0.25) is 5.91 Å². The van der Waals surface area contributed by atoms with Crippen molar-refractivity contribution in [2.24, 2.45) is 0 Å². The third-order valence-corrected chi connectivity index (χ3v) is 2.70. The van der Waals surface area contributed by atoms with Crippen molar-refractivity contribution >= 4 is 23.3 Å². The van der Waals surface area contributed by atoms with Crippen LogP contribution in [0.1, 0.15) is 6.92 Å². The van der Waals surface area contributed by atoms with Crippen molar-refractivity contribution in [2.45, 2.75) is 13.0 Å². The smallest absolute Gasteiger partial charge is 0.326 e. The lowest BCUT2D eigenvalue weighted by Gasteiger charge is -2.33. The summed E-state index contributed by atoms with van der Waals surface area (Å²) in [6.45, 7) is 1.36. The minimum atomic E-state index is -1.06. The Bertz CT molecular complexity index is 490. The molecule has 1 heterocycles. The fraction of sp³-hybridized carbons (Fsp3) is 0.273. The third kappa shape index (κ3) is 1.93. The molecule has 5 nitrogen and oxygen atoms in total. The summed E-state index contributed by atoms with van der Waals surface area (Å²) < 4.78 is 13.5. The van der Waals surface area contributed by atoms with Gasteiger partial charge in [-0.25, -0.2) is 9.18 Å². The van der Waals surface area contributed by atoms with Gasteiger partial charge in [0, 0.05) is 0 Å². The van der Waals surface area contributed by atoms with Gasteiger partial charge in [-0.3, -0.25) is 4.79 Å². The molecule has 17 heavy (non-hydrogen) atoms. The van der Waals surface area contributed by atoms with Crippen LogP contribution in [0.25, 0.3) is 0 Å². The van der Waals surface area contributed by atoms with E-state index in [4.69, 9.17) is 5.11 Å². The van der Waals surface area contributed by atoms with Crippen LogP contribution in [0, 0.1) is 5.82 Å². The van der Waals surface area contributed by atoms with Gasteiger partial charge in [0.05, 0.1) is 12.2 Å². The van der Waals surface area contributed by atoms with Gasteiger partial charge in [0.25, 0.3) is 0 Å². The predicted molar refractivity (Wildman–Crippen MR) is 59.5 cm³/mol. The highest BCUT2D eigenvalue weighted by Gasteiger charge is 2.30. The highest BCUT2D eigenvalue weighted by molar-refractivity contribution is 6.02. The minimum absolute atomic E-state index is 0.0388. The van der Waals surface area contributed by atoms with Gasteiger partial charge in [-0.15, -0.1) is 0 Å². The normalized spacial score (nSPS) is 16.1. The molecule has 0 aliphatic carbocycles. The summed E-state index contributed by atoms with van der Waals surface area (Å²) >= 11 is 0. The number of hydrogen-bond donors (Lipinski definition) is 2. The molecule has 1 unspecified atom stereocenters. The quantitative estimate of drug-likeness (QED) is 0.808. The molecular formula is C11H11FN2O3. The average molecular weight is 238 g/mol. The molecule has 0 aromatic heterocycles. The van der Waals surface area contributed by atoms with Gasteiger partial charge in [-0.2, -0.15) is 0 Å². The van der Waals surface area contributed by atoms with Gasteiger partial charge in [0.15, 0.2) is 0 Å². The number of nitrogens with zero attached hydrogens (tertiary/aromatic N) is 1. The molecule has 0 saturated heterocycles. The molecule has 90 valence electrons. The Balaban J connectivity index is 2.48. The van der Waals surface area contributed by atoms with E-state index in [0.29, 0.717) is 5.69 Å². The molecule has 1 amide bonds. The molecule has 2 N–H and O–H groups in total. The highest BCUT2D eigenvalue weighted by Crippen LogP contribution is 2.32. The topological polar surface area (TPSA) is 69.6 Å². The van der Waals surface area contributed by atoms with Crippen molar-refractivity contribution in [1.82, 2.24) is 0 Å². The van der Waals surface area contributed by atoms with Crippen LogP contribution in [-0.2, 0) is 9.59 Å². The van der Waals surface area contributed by atoms with Crippen molar-refractivity contribution in [2.75, 3.05) is 16.8 Å². The van der Waals surface area contributed by atoms with Crippen LogP contribution in [-0.4, -0.2) is 29.6 Å². The maximum Gasteiger partial charge on any atom is 0.326 e. The molecule has 1 aromatic rings. The van der Waals surface area contributed by atoms with E-state index in [-0.39, 0.29) is 12.2 Å². The highest BCUT2D eigenvalue weighted by atomic mass is 19.1. The van der Waals surface area contributed by atoms with Crippen molar-refractivity contribution in [3.63, 3.8) is 0 Å². The molecular weight excluding hydrogens is 227 g/mol. The molecule has 1 aliphatic heterocycles. The summed E-state index contributed by atoms with van der Waals surface area (Å²) in [5.41, 5.74) is 0.427. The van der Waals surface area contributed by atoms with Gasteiger partial charge in [0.1, 0.15) is 17.5 Å². The second-order valence-electron chi connectivity index (χ2n) is 3.82. The summed E-state index contributed by atoms with van der Waals surface area (Å²) in [4.78, 5) is 23.7. The molecule has 0 radical (unpaired) electrons. The van der Waals surface area contributed by atoms with Crippen LogP contribution in [0.4, 0.5) is 15.8 Å². The number of rotatable bonds is 2. The SMILES string of the molecule is CC(C(=O)O)N1CC(=O)Nc2c(F)cccc21. The van der Waals surface area contributed by atoms with Gasteiger partial charge in [-0.05, 0) is 19.1 Å². The lowest BCUT2D eigenvalue weighted by molar-refractivity contribution is -0.138. The zero-order valence-electron chi connectivity index (χ0n) is 9.11. The van der Waals surface area contributed by atoms with Crippen LogP contribution < -0.4 is 10.2 Å². The summed E-state index contributed by atoms with van der Waals surface area (Å²) in [7, 11) is 0. The average Bonchev–Trinajstić information content (AvgIpc) is 2.28. The van der Waals surface area contributed by atoms with E-state index in [9.17, 15) is 14.0 Å². The maximum atomic E-state index is 13.5. The second kappa shape index (κ2) is 4.04. The monoisotopic (exact) mass is 238 g/mol. The van der Waals surface area contributed by atoms with Gasteiger partial charge >= 0.3 is 5.97 Å². The van der Waals surface area contributed by atoms with Crippen molar-refractivity contribution in [3.8, 4) is 0 Å². The van der Waals surface area contributed by atoms with E-state index >= 15 is 0 Å². The first-order chi connectivity index (χ1) is 8.00. The Morgan fingerprint density at radius 1 is 1.59 bits per heavy atom. The van der Waals surface area contributed by atoms with E-state index in [1.165, 1.54) is 24.0 Å². The van der Waals surface area contributed by atoms with Crippen LogP contribution in [0.3, 0.4) is 0 Å². The van der Waals surface area contributed by atoms with Gasteiger partial charge < -0.3 is 15.3 Å². The number of amides is 1. The largest absolute Gasteiger partial charge is 0.480 e. The molecule has 0 bridgehead atoms. The number of para-hydroxylation sites is 1. The van der Waals surface area contributed by atoms with E-state index in [0.717, 1.165) is 0 Å². The molecule has 2 rings (SSSR count). The molecule has 1 aromatic carbocycles. The molecule has 1 atom stereocenters. The number of anilines is 2. The molecule has 6 heteroatoms. The van der Waals surface area contributed by atoms with Crippen molar-refractivity contribution < 1.29 is 19.1 Å². The Kier molecular flexibility index (Phi) is 2.71. The molecule has 0 saturated carbocycles. The van der Waals surface area contributed by atoms with Crippen LogP contribution in [0.2, 0.25) is 0 Å². The summed E-state index contributed by atoms with van der Waals surface area (Å²) in [6.07, 6.45) is 0. The van der Waals surface area contributed by atoms with Crippen LogP contribution >= 0.6 is 0 Å². The first-order valence-corrected chi connectivity index (χ1v) is 5.08. The molecule has 1 aliphatic rings. The number of carbonyl (C=O) groups is 2. The fourth-order valence-corrected chi connectivity index (χ4v) is 1.77. The molecule has 0 fully saturated rings. The fourth-order valence-electron chi connectivity index (χ4n) is 1.77. The van der Waals surface area contributed by atoms with E-state index in [2.05, 4.69) is 5.32 Å². The van der Waals surface area contributed by atoms with E-state index in [1.807, 2.05) is 0 Å². The Morgan fingerprint density at radius 2 is 2.29 bits per heavy atom. The van der Waals surface area contributed by atoms with Gasteiger partial charge in [-0.1, -0.05) is 6.07 Å². The maximum absolute atomic E-state index is 13.5. The van der Waals surface area contributed by atoms with Crippen LogP contribution in [0.5, 0.6) is 0 Å². The molecule has 0 spiro atoms. The first-order valence-electron chi connectivity index (χ1n) is 5.08. The zero-order valence-corrected chi connectivity index (χ0v) is 9.11. The van der Waals surface area contributed by atoms with Crippen molar-refractivity contribution in [1.29, 1.82) is 0 Å². The van der Waals surface area contributed by atoms with Crippen LogP contribution in [0.15, 0.2) is 18.2 Å². The second-order valence-corrected chi connectivity index (χ2v) is 3.82. The Labute approximate surface area is 96.8 Å². The predicted octanol–water partition coefficient (Wildman–Crippen LogP) is 1.06. The summed E-state index contributed by atoms with van der Waals surface area (Å²) in [6, 6.07) is 3.39. The third-order valence-electron chi connectivity index (χ3n) is 2.70. The number of halogens is 1. The Hall–Kier alpha value is -2.11. The lowest BCUT2D eigenvalue weighted by atomic mass is 10.1. The number of carboxylic acid groups (broad SMARTS) is 1. The number of fused-ring (bicyclic) bond motifs is 1. The van der Waals surface area contributed by atoms with E-state index in [1.54, 1.807) is 6.07 Å². The van der Waals surface area contributed by atoms with E-state index < -0.39 is 23.7 Å². The summed E-state index contributed by atoms with van der Waals surface area (Å²) in [5.74, 6) is -2.05. The number of carboxylic acids is 1. The first kappa shape index (κ1) is 11.4. The number of hydrogen-bond acceptors (Lipinski definition) is 3. The number of nitrogens with one attached hydrogen (secondary N) is 1. The lowest BCUT2D eigenvalue weighted by Crippen LogP contribution is -2.47. The Morgan fingerprint density at radius 3 is 2.94 bits per heavy atom. The number of carbonyl (C=O) groups excluding carboxylic acids is 1. The van der Waals surface area contributed by atoms with Crippen molar-refractivity contribution in [3.05, 3.63) is 24.0 Å². The number of benzene rings is 1. The minimum Gasteiger partial charge on any atom is -0.480 e. The zero-order chi connectivity index (χ0) is 12.6.